The van der Waals surface area contributed by atoms with Gasteiger partial charge in [0.1, 0.15) is 11.9 Å². The minimum Gasteiger partial charge on any atom is -0.480 e. The largest absolute Gasteiger partial charge is 0.480 e. The molecule has 18 heavy (non-hydrogen) atoms. The van der Waals surface area contributed by atoms with Gasteiger partial charge >= 0.3 is 5.97 Å². The van der Waals surface area contributed by atoms with E-state index in [9.17, 15) is 4.79 Å². The van der Waals surface area contributed by atoms with Gasteiger partial charge in [-0.3, -0.25) is 0 Å². The number of para-hydroxylation sites is 1. The van der Waals surface area contributed by atoms with Crippen molar-refractivity contribution in [3.8, 4) is 0 Å². The van der Waals surface area contributed by atoms with Gasteiger partial charge in [0.25, 0.3) is 0 Å². The lowest BCUT2D eigenvalue weighted by atomic mass is 10.0. The van der Waals surface area contributed by atoms with Gasteiger partial charge in [-0.15, -0.1) is 0 Å². The first kappa shape index (κ1) is 12.4. The molecule has 0 aliphatic carbocycles. The van der Waals surface area contributed by atoms with E-state index in [0.717, 1.165) is 10.9 Å². The van der Waals surface area contributed by atoms with Crippen LogP contribution in [0.5, 0.6) is 0 Å². The minimum atomic E-state index is -0.861. The molecule has 2 N–H and O–H groups in total. The van der Waals surface area contributed by atoms with E-state index in [1.807, 2.05) is 44.2 Å². The Labute approximate surface area is 106 Å². The van der Waals surface area contributed by atoms with Crippen LogP contribution in [0.3, 0.4) is 0 Å². The summed E-state index contributed by atoms with van der Waals surface area (Å²) >= 11 is 0. The number of rotatable bonds is 4. The Bertz CT molecular complexity index is 566. The number of carbonyl (C=O) groups is 1. The number of carboxylic acid groups (broad SMARTS) is 1. The molecule has 0 bridgehead atoms. The average Bonchev–Trinajstić information content (AvgIpc) is 2.35. The van der Waals surface area contributed by atoms with Crippen molar-refractivity contribution < 1.29 is 9.90 Å². The second kappa shape index (κ2) is 5.04. The number of aromatic nitrogens is 1. The van der Waals surface area contributed by atoms with E-state index >= 15 is 0 Å². The van der Waals surface area contributed by atoms with Crippen molar-refractivity contribution in [3.05, 3.63) is 36.4 Å². The molecular weight excluding hydrogens is 228 g/mol. The summed E-state index contributed by atoms with van der Waals surface area (Å²) in [6.07, 6.45) is 0. The predicted molar refractivity (Wildman–Crippen MR) is 71.6 cm³/mol. The lowest BCUT2D eigenvalue weighted by Gasteiger charge is -2.18. The fraction of sp³-hybridized carbons (Fsp3) is 0.286. The molecule has 0 fully saturated rings. The summed E-state index contributed by atoms with van der Waals surface area (Å²) in [5.74, 6) is -0.273. The highest BCUT2D eigenvalue weighted by atomic mass is 16.4. The van der Waals surface area contributed by atoms with Crippen molar-refractivity contribution in [2.45, 2.75) is 19.9 Å². The minimum absolute atomic E-state index is 0.00392. The van der Waals surface area contributed by atoms with Crippen LogP contribution in [0.15, 0.2) is 36.4 Å². The highest BCUT2D eigenvalue weighted by molar-refractivity contribution is 5.81. The van der Waals surface area contributed by atoms with Gasteiger partial charge in [0.15, 0.2) is 0 Å². The molecule has 1 aromatic heterocycles. The molecule has 2 rings (SSSR count). The molecule has 2 aromatic rings. The number of nitrogens with one attached hydrogen (secondary N) is 1. The van der Waals surface area contributed by atoms with Gasteiger partial charge in [-0.2, -0.15) is 0 Å². The Morgan fingerprint density at radius 3 is 2.61 bits per heavy atom. The maximum Gasteiger partial charge on any atom is 0.326 e. The van der Waals surface area contributed by atoms with Crippen LogP contribution in [0.2, 0.25) is 0 Å². The van der Waals surface area contributed by atoms with E-state index < -0.39 is 12.0 Å². The molecule has 0 aliphatic heterocycles. The van der Waals surface area contributed by atoms with Crippen LogP contribution in [-0.2, 0) is 4.79 Å². The molecule has 0 aliphatic rings. The van der Waals surface area contributed by atoms with Gasteiger partial charge < -0.3 is 10.4 Å². The van der Waals surface area contributed by atoms with Crippen LogP contribution in [0, 0.1) is 5.92 Å². The summed E-state index contributed by atoms with van der Waals surface area (Å²) in [5.41, 5.74) is 0.857. The third kappa shape index (κ3) is 2.59. The zero-order valence-corrected chi connectivity index (χ0v) is 10.4. The molecule has 0 spiro atoms. The molecule has 0 radical (unpaired) electrons. The van der Waals surface area contributed by atoms with Crippen LogP contribution in [0.1, 0.15) is 13.8 Å². The first-order valence-corrected chi connectivity index (χ1v) is 5.93. The number of pyridine rings is 1. The van der Waals surface area contributed by atoms with Crippen molar-refractivity contribution in [2.75, 3.05) is 5.32 Å². The predicted octanol–water partition coefficient (Wildman–Crippen LogP) is 2.76. The molecule has 1 unspecified atom stereocenters. The van der Waals surface area contributed by atoms with Crippen LogP contribution in [-0.4, -0.2) is 22.1 Å². The van der Waals surface area contributed by atoms with Crippen molar-refractivity contribution in [1.82, 2.24) is 4.98 Å². The Morgan fingerprint density at radius 1 is 1.22 bits per heavy atom. The van der Waals surface area contributed by atoms with Crippen molar-refractivity contribution in [2.24, 2.45) is 5.92 Å². The average molecular weight is 244 g/mol. The number of fused-ring (bicyclic) bond motifs is 1. The molecule has 0 saturated carbocycles. The second-order valence-electron chi connectivity index (χ2n) is 4.59. The smallest absolute Gasteiger partial charge is 0.326 e. The van der Waals surface area contributed by atoms with E-state index in [0.29, 0.717) is 5.82 Å². The van der Waals surface area contributed by atoms with Crippen molar-refractivity contribution in [3.63, 3.8) is 0 Å². The van der Waals surface area contributed by atoms with E-state index in [2.05, 4.69) is 10.3 Å². The Morgan fingerprint density at radius 2 is 1.94 bits per heavy atom. The number of aliphatic carboxylic acids is 1. The molecule has 4 heteroatoms. The van der Waals surface area contributed by atoms with E-state index in [-0.39, 0.29) is 5.92 Å². The van der Waals surface area contributed by atoms with Gasteiger partial charge in [0.2, 0.25) is 0 Å². The summed E-state index contributed by atoms with van der Waals surface area (Å²) in [6.45, 7) is 3.74. The third-order valence-corrected chi connectivity index (χ3v) is 2.83. The van der Waals surface area contributed by atoms with Crippen LogP contribution < -0.4 is 5.32 Å². The van der Waals surface area contributed by atoms with E-state index in [1.54, 1.807) is 6.07 Å². The normalized spacial score (nSPS) is 12.6. The Balaban J connectivity index is 2.28. The molecule has 0 saturated heterocycles. The van der Waals surface area contributed by atoms with Gasteiger partial charge in [0.05, 0.1) is 5.52 Å². The van der Waals surface area contributed by atoms with Crippen LogP contribution >= 0.6 is 0 Å². The fourth-order valence-electron chi connectivity index (χ4n) is 1.82. The molecule has 4 nitrogen and oxygen atoms in total. The Hall–Kier alpha value is -2.10. The summed E-state index contributed by atoms with van der Waals surface area (Å²) < 4.78 is 0. The summed E-state index contributed by atoms with van der Waals surface area (Å²) in [7, 11) is 0. The topological polar surface area (TPSA) is 62.2 Å². The third-order valence-electron chi connectivity index (χ3n) is 2.83. The number of benzene rings is 1. The maximum absolute atomic E-state index is 11.1. The zero-order chi connectivity index (χ0) is 13.1. The Kier molecular flexibility index (Phi) is 3.46. The molecule has 0 amide bonds. The molecule has 1 heterocycles. The van der Waals surface area contributed by atoms with E-state index in [1.165, 1.54) is 0 Å². The summed E-state index contributed by atoms with van der Waals surface area (Å²) in [4.78, 5) is 15.5. The number of hydrogen-bond donors (Lipinski definition) is 2. The van der Waals surface area contributed by atoms with Gasteiger partial charge in [0, 0.05) is 5.39 Å². The lowest BCUT2D eigenvalue weighted by molar-refractivity contribution is -0.138. The molecular formula is C14H16N2O2. The zero-order valence-electron chi connectivity index (χ0n) is 10.4. The molecule has 1 atom stereocenters. The number of carboxylic acids is 1. The number of anilines is 1. The monoisotopic (exact) mass is 244 g/mol. The summed E-state index contributed by atoms with van der Waals surface area (Å²) in [6, 6.07) is 10.9. The highest BCUT2D eigenvalue weighted by Gasteiger charge is 2.21. The van der Waals surface area contributed by atoms with Crippen LogP contribution in [0.25, 0.3) is 10.9 Å². The van der Waals surface area contributed by atoms with E-state index in [4.69, 9.17) is 5.11 Å². The first-order valence-electron chi connectivity index (χ1n) is 5.93. The summed E-state index contributed by atoms with van der Waals surface area (Å²) in [5, 5.41) is 13.1. The van der Waals surface area contributed by atoms with Crippen molar-refractivity contribution in [1.29, 1.82) is 0 Å². The quantitative estimate of drug-likeness (QED) is 0.868. The fourth-order valence-corrected chi connectivity index (χ4v) is 1.82. The second-order valence-corrected chi connectivity index (χ2v) is 4.59. The van der Waals surface area contributed by atoms with Gasteiger partial charge in [-0.1, -0.05) is 32.0 Å². The van der Waals surface area contributed by atoms with Gasteiger partial charge in [-0.05, 0) is 24.1 Å². The number of hydrogen-bond acceptors (Lipinski definition) is 3. The van der Waals surface area contributed by atoms with Gasteiger partial charge in [-0.25, -0.2) is 9.78 Å². The number of nitrogens with zero attached hydrogens (tertiary/aromatic N) is 1. The standard InChI is InChI=1S/C14H16N2O2/c1-9(2)13(14(17)18)16-12-8-7-10-5-3-4-6-11(10)15-12/h3-9,13H,1-2H3,(H,15,16)(H,17,18). The lowest BCUT2D eigenvalue weighted by Crippen LogP contribution is -2.34. The maximum atomic E-state index is 11.1. The van der Waals surface area contributed by atoms with Crippen LogP contribution in [0.4, 0.5) is 5.82 Å². The molecule has 1 aromatic carbocycles. The highest BCUT2D eigenvalue weighted by Crippen LogP contribution is 2.16. The van der Waals surface area contributed by atoms with Crippen molar-refractivity contribution >= 4 is 22.7 Å². The first-order chi connectivity index (χ1) is 8.58. The SMILES string of the molecule is CC(C)C(Nc1ccc2ccccc2n1)C(=O)O. The molecule has 94 valence electrons.